The summed E-state index contributed by atoms with van der Waals surface area (Å²) in [5.41, 5.74) is 3.45. The Labute approximate surface area is 178 Å². The van der Waals surface area contributed by atoms with E-state index in [-0.39, 0.29) is 11.5 Å². The van der Waals surface area contributed by atoms with E-state index >= 15 is 0 Å². The summed E-state index contributed by atoms with van der Waals surface area (Å²) in [6, 6.07) is 12.3. The summed E-state index contributed by atoms with van der Waals surface area (Å²) < 4.78 is 1.82. The third-order valence-electron chi connectivity index (χ3n) is 7.20. The summed E-state index contributed by atoms with van der Waals surface area (Å²) in [4.78, 5) is 31.1. The fourth-order valence-corrected chi connectivity index (χ4v) is 5.59. The molecule has 1 saturated carbocycles. The van der Waals surface area contributed by atoms with Crippen molar-refractivity contribution in [2.24, 2.45) is 0 Å². The lowest BCUT2D eigenvalue weighted by Crippen LogP contribution is -2.52. The first kappa shape index (κ1) is 19.6. The van der Waals surface area contributed by atoms with Gasteiger partial charge in [0.2, 0.25) is 0 Å². The number of rotatable bonds is 3. The van der Waals surface area contributed by atoms with Gasteiger partial charge in [0.15, 0.2) is 0 Å². The molecule has 1 saturated heterocycles. The maximum atomic E-state index is 13.7. The van der Waals surface area contributed by atoms with Gasteiger partial charge >= 0.3 is 0 Å². The lowest BCUT2D eigenvalue weighted by atomic mass is 9.93. The quantitative estimate of drug-likeness (QED) is 0.785. The van der Waals surface area contributed by atoms with Crippen molar-refractivity contribution in [3.8, 4) is 11.1 Å². The first-order valence-electron chi connectivity index (χ1n) is 11.6. The molecular weight excluding hydrogens is 374 g/mol. The van der Waals surface area contributed by atoms with Crippen LogP contribution < -0.4 is 5.56 Å². The van der Waals surface area contributed by atoms with E-state index in [0.717, 1.165) is 67.9 Å². The van der Waals surface area contributed by atoms with E-state index in [4.69, 9.17) is 0 Å². The number of carbonyl (C=O) groups excluding carboxylic acids is 1. The van der Waals surface area contributed by atoms with E-state index in [1.165, 1.54) is 32.1 Å². The molecule has 0 radical (unpaired) electrons. The van der Waals surface area contributed by atoms with Gasteiger partial charge in [-0.05, 0) is 31.2 Å². The van der Waals surface area contributed by atoms with Crippen LogP contribution >= 0.6 is 0 Å². The van der Waals surface area contributed by atoms with Crippen LogP contribution in [-0.4, -0.2) is 52.5 Å². The van der Waals surface area contributed by atoms with Gasteiger partial charge < -0.3 is 9.47 Å². The Morgan fingerprint density at radius 1 is 0.867 bits per heavy atom. The van der Waals surface area contributed by atoms with E-state index in [9.17, 15) is 9.59 Å². The summed E-state index contributed by atoms with van der Waals surface area (Å²) in [6.07, 6.45) is 8.41. The van der Waals surface area contributed by atoms with Crippen molar-refractivity contribution in [1.82, 2.24) is 14.4 Å². The molecule has 3 aliphatic rings. The van der Waals surface area contributed by atoms with Gasteiger partial charge in [-0.3, -0.25) is 14.5 Å². The molecule has 0 N–H and O–H groups in total. The summed E-state index contributed by atoms with van der Waals surface area (Å²) in [5.74, 6) is 0.0998. The van der Waals surface area contributed by atoms with Gasteiger partial charge in [0.1, 0.15) is 0 Å². The molecule has 2 aromatic rings. The zero-order valence-electron chi connectivity index (χ0n) is 17.7. The predicted octanol–water partition coefficient (Wildman–Crippen LogP) is 3.55. The van der Waals surface area contributed by atoms with Crippen LogP contribution in [0.3, 0.4) is 0 Å². The molecule has 0 unspecified atom stereocenters. The van der Waals surface area contributed by atoms with E-state index in [1.54, 1.807) is 6.07 Å². The molecule has 1 aromatic carbocycles. The number of benzene rings is 1. The minimum Gasteiger partial charge on any atom is -0.336 e. The van der Waals surface area contributed by atoms with Crippen molar-refractivity contribution in [3.63, 3.8) is 0 Å². The Kier molecular flexibility index (Phi) is 5.47. The van der Waals surface area contributed by atoms with Gasteiger partial charge in [-0.1, -0.05) is 49.6 Å². The standard InChI is InChI=1S/C25H31N3O2/c29-23-18-21(19-8-3-1-4-9-19)24(22-12-7-13-28(22)23)25(30)27-16-14-26(15-17-27)20-10-5-2-6-11-20/h1,3-4,8-9,18,20H,2,5-7,10-17H2. The van der Waals surface area contributed by atoms with Crippen LogP contribution in [0.5, 0.6) is 0 Å². The van der Waals surface area contributed by atoms with Crippen LogP contribution in [0.25, 0.3) is 11.1 Å². The second-order valence-corrected chi connectivity index (χ2v) is 8.96. The summed E-state index contributed by atoms with van der Waals surface area (Å²) >= 11 is 0. The van der Waals surface area contributed by atoms with Gasteiger partial charge in [0.25, 0.3) is 11.5 Å². The molecule has 5 nitrogen and oxygen atoms in total. The lowest BCUT2D eigenvalue weighted by molar-refractivity contribution is 0.0522. The molecule has 2 aliphatic heterocycles. The molecule has 5 rings (SSSR count). The maximum absolute atomic E-state index is 13.7. The number of carbonyl (C=O) groups is 1. The van der Waals surface area contributed by atoms with Crippen LogP contribution in [0.4, 0.5) is 0 Å². The fourth-order valence-electron chi connectivity index (χ4n) is 5.59. The minimum atomic E-state index is 0.0139. The zero-order valence-corrected chi connectivity index (χ0v) is 17.7. The number of fused-ring (bicyclic) bond motifs is 1. The summed E-state index contributed by atoms with van der Waals surface area (Å²) in [5, 5.41) is 0. The first-order valence-corrected chi connectivity index (χ1v) is 11.6. The number of hydrogen-bond donors (Lipinski definition) is 0. The third kappa shape index (κ3) is 3.60. The van der Waals surface area contributed by atoms with Crippen molar-refractivity contribution in [2.75, 3.05) is 26.2 Å². The summed E-state index contributed by atoms with van der Waals surface area (Å²) in [7, 11) is 0. The van der Waals surface area contributed by atoms with Gasteiger partial charge in [0, 0.05) is 56.1 Å². The highest BCUT2D eigenvalue weighted by Crippen LogP contribution is 2.30. The van der Waals surface area contributed by atoms with Crippen molar-refractivity contribution < 1.29 is 4.79 Å². The average Bonchev–Trinajstić information content (AvgIpc) is 3.30. The molecule has 3 heterocycles. The number of aromatic nitrogens is 1. The Balaban J connectivity index is 1.43. The highest BCUT2D eigenvalue weighted by atomic mass is 16.2. The van der Waals surface area contributed by atoms with Crippen LogP contribution in [0, 0.1) is 0 Å². The van der Waals surface area contributed by atoms with Crippen LogP contribution in [0.15, 0.2) is 41.2 Å². The van der Waals surface area contributed by atoms with Gasteiger partial charge in [0.05, 0.1) is 5.56 Å². The van der Waals surface area contributed by atoms with Crippen molar-refractivity contribution in [2.45, 2.75) is 57.5 Å². The second-order valence-electron chi connectivity index (χ2n) is 8.96. The Bertz CT molecular complexity index is 968. The topological polar surface area (TPSA) is 45.6 Å². The van der Waals surface area contributed by atoms with Crippen LogP contribution in [0.1, 0.15) is 54.6 Å². The van der Waals surface area contributed by atoms with Crippen LogP contribution in [0.2, 0.25) is 0 Å². The fraction of sp³-hybridized carbons (Fsp3) is 0.520. The van der Waals surface area contributed by atoms with Crippen molar-refractivity contribution in [3.05, 3.63) is 58.0 Å². The molecule has 2 fully saturated rings. The van der Waals surface area contributed by atoms with E-state index < -0.39 is 0 Å². The van der Waals surface area contributed by atoms with Gasteiger partial charge in [-0.15, -0.1) is 0 Å². The normalized spacial score (nSPS) is 20.3. The third-order valence-corrected chi connectivity index (χ3v) is 7.20. The minimum absolute atomic E-state index is 0.0139. The van der Waals surface area contributed by atoms with E-state index in [0.29, 0.717) is 6.04 Å². The first-order chi connectivity index (χ1) is 14.7. The highest BCUT2D eigenvalue weighted by Gasteiger charge is 2.31. The molecule has 5 heteroatoms. The molecule has 0 spiro atoms. The number of amides is 1. The molecule has 30 heavy (non-hydrogen) atoms. The number of pyridine rings is 1. The van der Waals surface area contributed by atoms with E-state index in [1.807, 2.05) is 39.8 Å². The number of nitrogens with zero attached hydrogens (tertiary/aromatic N) is 3. The zero-order chi connectivity index (χ0) is 20.5. The number of hydrogen-bond acceptors (Lipinski definition) is 3. The smallest absolute Gasteiger partial charge is 0.256 e. The largest absolute Gasteiger partial charge is 0.336 e. The van der Waals surface area contributed by atoms with Gasteiger partial charge in [-0.2, -0.15) is 0 Å². The monoisotopic (exact) mass is 405 g/mol. The van der Waals surface area contributed by atoms with Crippen molar-refractivity contribution in [1.29, 1.82) is 0 Å². The highest BCUT2D eigenvalue weighted by molar-refractivity contribution is 6.02. The molecule has 0 bridgehead atoms. The van der Waals surface area contributed by atoms with Gasteiger partial charge in [-0.25, -0.2) is 0 Å². The Morgan fingerprint density at radius 2 is 1.60 bits per heavy atom. The molecule has 1 amide bonds. The number of piperazine rings is 1. The molecule has 1 aliphatic carbocycles. The molecule has 1 aromatic heterocycles. The maximum Gasteiger partial charge on any atom is 0.256 e. The molecule has 0 atom stereocenters. The Morgan fingerprint density at radius 3 is 2.33 bits per heavy atom. The lowest BCUT2D eigenvalue weighted by Gasteiger charge is -2.41. The van der Waals surface area contributed by atoms with E-state index in [2.05, 4.69) is 4.90 Å². The second kappa shape index (κ2) is 8.38. The molecule has 158 valence electrons. The SMILES string of the molecule is O=C(c1c(-c2ccccc2)cc(=O)n2c1CCC2)N1CCN(C2CCCCC2)CC1. The Hall–Kier alpha value is -2.40. The predicted molar refractivity (Wildman–Crippen MR) is 119 cm³/mol. The molecular formula is C25H31N3O2. The van der Waals surface area contributed by atoms with Crippen LogP contribution in [-0.2, 0) is 13.0 Å². The summed E-state index contributed by atoms with van der Waals surface area (Å²) in [6.45, 7) is 4.21. The van der Waals surface area contributed by atoms with Crippen molar-refractivity contribution >= 4 is 5.91 Å². The average molecular weight is 406 g/mol.